The minimum absolute atomic E-state index is 1.09. The molecule has 0 bridgehead atoms. The van der Waals surface area contributed by atoms with Gasteiger partial charge in [0.05, 0.1) is 5.70 Å². The third-order valence-electron chi connectivity index (χ3n) is 3.34. The molecule has 0 saturated carbocycles. The van der Waals surface area contributed by atoms with Crippen LogP contribution in [0.5, 0.6) is 0 Å². The summed E-state index contributed by atoms with van der Waals surface area (Å²) in [5.74, 6) is 0. The van der Waals surface area contributed by atoms with Crippen LogP contribution >= 0.6 is 0 Å². The minimum atomic E-state index is 1.09. The largest absolute Gasteiger partial charge is 0.257 e. The highest BCUT2D eigenvalue weighted by molar-refractivity contribution is 5.28. The molecule has 18 heavy (non-hydrogen) atoms. The molecule has 0 spiro atoms. The fourth-order valence-electron chi connectivity index (χ4n) is 2.19. The Morgan fingerprint density at radius 3 is 2.22 bits per heavy atom. The number of rotatable bonds is 11. The lowest BCUT2D eigenvalue weighted by Gasteiger charge is -2.00. The van der Waals surface area contributed by atoms with Crippen LogP contribution in [0.15, 0.2) is 36.2 Å². The zero-order chi connectivity index (χ0) is 12.9. The first-order valence-corrected chi connectivity index (χ1v) is 7.67. The van der Waals surface area contributed by atoms with Crippen molar-refractivity contribution in [1.29, 1.82) is 0 Å². The van der Waals surface area contributed by atoms with Gasteiger partial charge in [-0.15, -0.1) is 0 Å². The van der Waals surface area contributed by atoms with Gasteiger partial charge in [-0.2, -0.15) is 0 Å². The van der Waals surface area contributed by atoms with E-state index >= 15 is 0 Å². The summed E-state index contributed by atoms with van der Waals surface area (Å²) in [6.07, 6.45) is 24.1. The highest BCUT2D eigenvalue weighted by atomic mass is 14.9. The average molecular weight is 246 g/mol. The molecule has 1 heteroatoms. The first-order valence-electron chi connectivity index (χ1n) is 7.67. The molecule has 1 rings (SSSR count). The van der Waals surface area contributed by atoms with E-state index in [1.807, 2.05) is 18.4 Å². The summed E-state index contributed by atoms with van der Waals surface area (Å²) in [5, 5.41) is 4.21. The van der Waals surface area contributed by atoms with Crippen molar-refractivity contribution in [3.63, 3.8) is 0 Å². The highest BCUT2D eigenvalue weighted by Crippen LogP contribution is 2.11. The van der Waals surface area contributed by atoms with Crippen LogP contribution in [0.1, 0.15) is 71.1 Å². The summed E-state index contributed by atoms with van der Waals surface area (Å²) >= 11 is 0. The van der Waals surface area contributed by atoms with Crippen molar-refractivity contribution in [2.24, 2.45) is 0 Å². The summed E-state index contributed by atoms with van der Waals surface area (Å²) in [6, 6.07) is 0. The number of hydrogen-bond acceptors (Lipinski definition) is 0. The van der Waals surface area contributed by atoms with Gasteiger partial charge in [-0.05, 0) is 31.1 Å². The van der Waals surface area contributed by atoms with E-state index in [0.29, 0.717) is 0 Å². The van der Waals surface area contributed by atoms with Crippen molar-refractivity contribution >= 4 is 0 Å². The zero-order valence-electron chi connectivity index (χ0n) is 11.9. The summed E-state index contributed by atoms with van der Waals surface area (Å²) in [7, 11) is 0. The standard InChI is InChI=1S/C17H28N/c1-2-3-4-5-6-7-8-9-10-11-12-14-17-15-13-16-18-17/h12-16H,2-11H2,1H3. The monoisotopic (exact) mass is 246 g/mol. The van der Waals surface area contributed by atoms with E-state index in [1.165, 1.54) is 64.2 Å². The maximum Gasteiger partial charge on any atom is 0.0626 e. The molecule has 0 N–H and O–H groups in total. The summed E-state index contributed by atoms with van der Waals surface area (Å²) in [6.45, 7) is 2.28. The fourth-order valence-corrected chi connectivity index (χ4v) is 2.19. The third kappa shape index (κ3) is 8.16. The van der Waals surface area contributed by atoms with E-state index in [4.69, 9.17) is 0 Å². The molecule has 1 radical (unpaired) electrons. The van der Waals surface area contributed by atoms with Gasteiger partial charge < -0.3 is 0 Å². The molecule has 0 aromatic rings. The summed E-state index contributed by atoms with van der Waals surface area (Å²) in [4.78, 5) is 0. The maximum atomic E-state index is 4.21. The quantitative estimate of drug-likeness (QED) is 0.429. The van der Waals surface area contributed by atoms with Gasteiger partial charge in [-0.3, -0.25) is 5.32 Å². The lowest BCUT2D eigenvalue weighted by Crippen LogP contribution is -1.86. The molecule has 0 amide bonds. The van der Waals surface area contributed by atoms with E-state index in [0.717, 1.165) is 5.70 Å². The predicted octanol–water partition coefficient (Wildman–Crippen LogP) is 5.48. The van der Waals surface area contributed by atoms with Crippen LogP contribution in [0.2, 0.25) is 0 Å². The van der Waals surface area contributed by atoms with Crippen LogP contribution in [-0.2, 0) is 0 Å². The second-order valence-corrected chi connectivity index (χ2v) is 5.08. The van der Waals surface area contributed by atoms with Gasteiger partial charge in [0.1, 0.15) is 0 Å². The number of unbranched alkanes of at least 4 members (excludes halogenated alkanes) is 9. The van der Waals surface area contributed by atoms with Crippen molar-refractivity contribution in [2.45, 2.75) is 71.1 Å². The van der Waals surface area contributed by atoms with Crippen LogP contribution in [0, 0.1) is 0 Å². The second kappa shape index (κ2) is 11.1. The molecule has 0 unspecified atom stereocenters. The molecule has 0 aromatic heterocycles. The molecule has 1 nitrogen and oxygen atoms in total. The van der Waals surface area contributed by atoms with Gasteiger partial charge in [0, 0.05) is 6.20 Å². The Hall–Kier alpha value is -0.980. The molecule has 0 aromatic carbocycles. The smallest absolute Gasteiger partial charge is 0.0626 e. The van der Waals surface area contributed by atoms with E-state index in [-0.39, 0.29) is 0 Å². The van der Waals surface area contributed by atoms with Crippen molar-refractivity contribution in [1.82, 2.24) is 5.32 Å². The predicted molar refractivity (Wildman–Crippen MR) is 80.3 cm³/mol. The minimum Gasteiger partial charge on any atom is -0.257 e. The lowest BCUT2D eigenvalue weighted by atomic mass is 10.1. The molecular formula is C17H28N. The Bertz CT molecular complexity index is 273. The molecule has 1 aliphatic rings. The molecule has 0 saturated heterocycles. The Morgan fingerprint density at radius 2 is 1.61 bits per heavy atom. The van der Waals surface area contributed by atoms with Gasteiger partial charge >= 0.3 is 0 Å². The van der Waals surface area contributed by atoms with Gasteiger partial charge in [-0.25, -0.2) is 0 Å². The van der Waals surface area contributed by atoms with Crippen LogP contribution < -0.4 is 5.32 Å². The van der Waals surface area contributed by atoms with Crippen LogP contribution in [0.25, 0.3) is 0 Å². The molecule has 1 aliphatic heterocycles. The zero-order valence-corrected chi connectivity index (χ0v) is 11.9. The second-order valence-electron chi connectivity index (χ2n) is 5.08. The SMILES string of the molecule is CCCCCCCCCCCC=CC1=CC=C[N]1. The van der Waals surface area contributed by atoms with Crippen molar-refractivity contribution < 1.29 is 0 Å². The first kappa shape index (κ1) is 15.1. The van der Waals surface area contributed by atoms with E-state index in [9.17, 15) is 0 Å². The molecule has 101 valence electrons. The lowest BCUT2D eigenvalue weighted by molar-refractivity contribution is 0.566. The van der Waals surface area contributed by atoms with E-state index < -0.39 is 0 Å². The average Bonchev–Trinajstić information content (AvgIpc) is 2.89. The molecule has 0 fully saturated rings. The highest BCUT2D eigenvalue weighted by Gasteiger charge is 1.94. The fraction of sp³-hybridized carbons (Fsp3) is 0.647. The van der Waals surface area contributed by atoms with Crippen molar-refractivity contribution in [3.8, 4) is 0 Å². The summed E-state index contributed by atoms with van der Waals surface area (Å²) in [5.41, 5.74) is 1.09. The summed E-state index contributed by atoms with van der Waals surface area (Å²) < 4.78 is 0. The number of allylic oxidation sites excluding steroid dienone is 4. The van der Waals surface area contributed by atoms with Gasteiger partial charge in [0.15, 0.2) is 0 Å². The Kier molecular flexibility index (Phi) is 9.32. The van der Waals surface area contributed by atoms with E-state index in [1.54, 1.807) is 0 Å². The molecule has 1 heterocycles. The molecule has 0 aliphatic carbocycles. The Labute approximate surface area is 113 Å². The molecular weight excluding hydrogens is 218 g/mol. The van der Waals surface area contributed by atoms with E-state index in [2.05, 4.69) is 24.4 Å². The topological polar surface area (TPSA) is 14.1 Å². The van der Waals surface area contributed by atoms with Crippen molar-refractivity contribution in [2.75, 3.05) is 0 Å². The third-order valence-corrected chi connectivity index (χ3v) is 3.34. The van der Waals surface area contributed by atoms with Gasteiger partial charge in [0.25, 0.3) is 0 Å². The van der Waals surface area contributed by atoms with Crippen molar-refractivity contribution in [3.05, 3.63) is 36.2 Å². The Morgan fingerprint density at radius 1 is 0.944 bits per heavy atom. The first-order chi connectivity index (χ1) is 8.93. The van der Waals surface area contributed by atoms with Crippen LogP contribution in [0.4, 0.5) is 0 Å². The maximum absolute atomic E-state index is 4.21. The molecule has 0 atom stereocenters. The van der Waals surface area contributed by atoms with Crippen LogP contribution in [0.3, 0.4) is 0 Å². The number of nitrogens with zero attached hydrogens (tertiary/aromatic N) is 1. The normalized spacial score (nSPS) is 14.2. The van der Waals surface area contributed by atoms with Crippen LogP contribution in [-0.4, -0.2) is 0 Å². The number of hydrogen-bond donors (Lipinski definition) is 0. The Balaban J connectivity index is 1.78. The van der Waals surface area contributed by atoms with Gasteiger partial charge in [0.2, 0.25) is 0 Å². The van der Waals surface area contributed by atoms with Gasteiger partial charge in [-0.1, -0.05) is 64.4 Å².